The van der Waals surface area contributed by atoms with Gasteiger partial charge in [-0.3, -0.25) is 4.79 Å². The third-order valence-electron chi connectivity index (χ3n) is 2.96. The Labute approximate surface area is 121 Å². The number of H-pyrrole nitrogens is 1. The van der Waals surface area contributed by atoms with Gasteiger partial charge in [-0.2, -0.15) is 0 Å². The number of imidazole rings is 1. The minimum absolute atomic E-state index is 0.0685. The fourth-order valence-corrected chi connectivity index (χ4v) is 3.01. The van der Waals surface area contributed by atoms with Crippen LogP contribution in [0.4, 0.5) is 0 Å². The molecule has 0 radical (unpaired) electrons. The van der Waals surface area contributed by atoms with Gasteiger partial charge in [0.1, 0.15) is 6.54 Å². The van der Waals surface area contributed by atoms with Crippen molar-refractivity contribution >= 4 is 39.0 Å². The Kier molecular flexibility index (Phi) is 3.70. The maximum absolute atomic E-state index is 11.8. The molecule has 6 nitrogen and oxygen atoms in total. The first kappa shape index (κ1) is 14.7. The van der Waals surface area contributed by atoms with Gasteiger partial charge in [0, 0.05) is 20.4 Å². The summed E-state index contributed by atoms with van der Waals surface area (Å²) in [5.41, 5.74) is 1.04. The maximum Gasteiger partial charge on any atom is 0.242 e. The Morgan fingerprint density at radius 3 is 2.60 bits per heavy atom. The van der Waals surface area contributed by atoms with E-state index in [1.54, 1.807) is 30.8 Å². The van der Waals surface area contributed by atoms with Crippen LogP contribution in [0.1, 0.15) is 0 Å². The molecule has 2 rings (SSSR count). The Hall–Kier alpha value is -1.67. The maximum atomic E-state index is 11.8. The first-order chi connectivity index (χ1) is 9.21. The van der Waals surface area contributed by atoms with E-state index in [1.165, 1.54) is 11.0 Å². The van der Waals surface area contributed by atoms with Gasteiger partial charge in [-0.15, -0.1) is 0 Å². The standard InChI is InChI=1S/C12H15N3O3S2/c1-14(2)10(16)7-15-8-5-4-6-9(20(3,17)18)11(8)13-12(15)19/h4-6H,7H2,1-3H3,(H,13,19). The molecular formula is C12H15N3O3S2. The minimum atomic E-state index is -3.36. The summed E-state index contributed by atoms with van der Waals surface area (Å²) in [6, 6.07) is 4.89. The smallest absolute Gasteiger partial charge is 0.242 e. The lowest BCUT2D eigenvalue weighted by molar-refractivity contribution is -0.129. The van der Waals surface area contributed by atoms with Crippen molar-refractivity contribution in [3.8, 4) is 0 Å². The van der Waals surface area contributed by atoms with Gasteiger partial charge in [0.2, 0.25) is 5.91 Å². The number of carbonyl (C=O) groups excluding carboxylic acids is 1. The number of rotatable bonds is 3. The number of para-hydroxylation sites is 1. The topological polar surface area (TPSA) is 75.2 Å². The number of aromatic amines is 1. The summed E-state index contributed by atoms with van der Waals surface area (Å²) in [5.74, 6) is -0.119. The van der Waals surface area contributed by atoms with Crippen LogP contribution < -0.4 is 0 Å². The Morgan fingerprint density at radius 2 is 2.05 bits per heavy atom. The van der Waals surface area contributed by atoms with Crippen LogP contribution in [-0.2, 0) is 21.2 Å². The first-order valence-corrected chi connectivity index (χ1v) is 8.13. The number of nitrogens with one attached hydrogen (secondary N) is 1. The molecule has 8 heteroatoms. The van der Waals surface area contributed by atoms with Crippen molar-refractivity contribution in [3.63, 3.8) is 0 Å². The lowest BCUT2D eigenvalue weighted by Crippen LogP contribution is -2.26. The molecule has 0 aliphatic carbocycles. The average Bonchev–Trinajstić information content (AvgIpc) is 2.64. The number of fused-ring (bicyclic) bond motifs is 1. The lowest BCUT2D eigenvalue weighted by Gasteiger charge is -2.11. The fourth-order valence-electron chi connectivity index (χ4n) is 1.90. The molecule has 0 spiro atoms. The van der Waals surface area contributed by atoms with E-state index in [2.05, 4.69) is 4.98 Å². The van der Waals surface area contributed by atoms with Gasteiger partial charge in [-0.1, -0.05) is 6.07 Å². The number of aromatic nitrogens is 2. The highest BCUT2D eigenvalue weighted by molar-refractivity contribution is 7.91. The Bertz CT molecular complexity index is 831. The van der Waals surface area contributed by atoms with Crippen LogP contribution in [0, 0.1) is 4.77 Å². The van der Waals surface area contributed by atoms with Crippen molar-refractivity contribution in [3.05, 3.63) is 23.0 Å². The van der Waals surface area contributed by atoms with Gasteiger partial charge in [0.25, 0.3) is 0 Å². The number of amides is 1. The van der Waals surface area contributed by atoms with E-state index in [4.69, 9.17) is 12.2 Å². The third kappa shape index (κ3) is 2.61. The van der Waals surface area contributed by atoms with Gasteiger partial charge in [0.05, 0.1) is 15.9 Å². The predicted molar refractivity (Wildman–Crippen MR) is 78.9 cm³/mol. The molecule has 1 amide bonds. The summed E-state index contributed by atoms with van der Waals surface area (Å²) >= 11 is 5.18. The molecule has 20 heavy (non-hydrogen) atoms. The van der Waals surface area contributed by atoms with E-state index in [0.29, 0.717) is 15.8 Å². The van der Waals surface area contributed by atoms with Gasteiger partial charge in [0.15, 0.2) is 14.6 Å². The molecule has 0 atom stereocenters. The Balaban J connectivity index is 2.68. The van der Waals surface area contributed by atoms with E-state index in [-0.39, 0.29) is 17.3 Å². The highest BCUT2D eigenvalue weighted by atomic mass is 32.2. The molecule has 0 saturated carbocycles. The molecule has 108 valence electrons. The zero-order valence-corrected chi connectivity index (χ0v) is 13.0. The number of benzene rings is 1. The number of hydrogen-bond acceptors (Lipinski definition) is 4. The third-order valence-corrected chi connectivity index (χ3v) is 4.43. The van der Waals surface area contributed by atoms with Crippen LogP contribution in [0.25, 0.3) is 11.0 Å². The second-order valence-corrected chi connectivity index (χ2v) is 7.10. The van der Waals surface area contributed by atoms with Crippen LogP contribution >= 0.6 is 12.2 Å². The Morgan fingerprint density at radius 1 is 1.40 bits per heavy atom. The van der Waals surface area contributed by atoms with E-state index in [0.717, 1.165) is 6.26 Å². The summed E-state index contributed by atoms with van der Waals surface area (Å²) in [6.45, 7) is 0.0685. The number of hydrogen-bond donors (Lipinski definition) is 1. The first-order valence-electron chi connectivity index (χ1n) is 5.83. The monoisotopic (exact) mass is 313 g/mol. The van der Waals surface area contributed by atoms with Crippen LogP contribution in [0.5, 0.6) is 0 Å². The molecule has 1 aromatic heterocycles. The van der Waals surface area contributed by atoms with Gasteiger partial charge in [-0.05, 0) is 24.4 Å². The average molecular weight is 313 g/mol. The van der Waals surface area contributed by atoms with Crippen LogP contribution in [0.2, 0.25) is 0 Å². The predicted octanol–water partition coefficient (Wildman–Crippen LogP) is 1.19. The molecule has 2 aromatic rings. The lowest BCUT2D eigenvalue weighted by atomic mass is 10.3. The van der Waals surface area contributed by atoms with Gasteiger partial charge in [-0.25, -0.2) is 8.42 Å². The summed E-state index contributed by atoms with van der Waals surface area (Å²) < 4.78 is 25.4. The highest BCUT2D eigenvalue weighted by Crippen LogP contribution is 2.22. The highest BCUT2D eigenvalue weighted by Gasteiger charge is 2.17. The van der Waals surface area contributed by atoms with Crippen LogP contribution in [0.3, 0.4) is 0 Å². The van der Waals surface area contributed by atoms with Crippen molar-refractivity contribution in [2.45, 2.75) is 11.4 Å². The normalized spacial score (nSPS) is 11.8. The number of sulfone groups is 1. The molecule has 0 bridgehead atoms. The molecule has 1 aromatic carbocycles. The second kappa shape index (κ2) is 5.02. The van der Waals surface area contributed by atoms with Crippen molar-refractivity contribution < 1.29 is 13.2 Å². The van der Waals surface area contributed by atoms with Crippen molar-refractivity contribution in [1.29, 1.82) is 0 Å². The number of nitrogens with zero attached hydrogens (tertiary/aromatic N) is 2. The van der Waals surface area contributed by atoms with Crippen molar-refractivity contribution in [2.75, 3.05) is 20.4 Å². The van der Waals surface area contributed by atoms with E-state index in [1.807, 2.05) is 0 Å². The summed E-state index contributed by atoms with van der Waals surface area (Å²) in [6.07, 6.45) is 1.14. The van der Waals surface area contributed by atoms with Crippen LogP contribution in [-0.4, -0.2) is 49.1 Å². The summed E-state index contributed by atoms with van der Waals surface area (Å²) in [5, 5.41) is 0. The van der Waals surface area contributed by atoms with Gasteiger partial charge < -0.3 is 14.5 Å². The van der Waals surface area contributed by atoms with E-state index >= 15 is 0 Å². The molecule has 1 heterocycles. The van der Waals surface area contributed by atoms with Crippen molar-refractivity contribution in [1.82, 2.24) is 14.5 Å². The molecular weight excluding hydrogens is 298 g/mol. The molecule has 0 unspecified atom stereocenters. The minimum Gasteiger partial charge on any atom is -0.347 e. The quantitative estimate of drug-likeness (QED) is 0.864. The molecule has 0 saturated heterocycles. The summed E-state index contributed by atoms with van der Waals surface area (Å²) in [7, 11) is -0.0529. The molecule has 0 aliphatic rings. The second-order valence-electron chi connectivity index (χ2n) is 4.73. The fraction of sp³-hybridized carbons (Fsp3) is 0.333. The van der Waals surface area contributed by atoms with Crippen LogP contribution in [0.15, 0.2) is 23.1 Å². The molecule has 1 N–H and O–H groups in total. The van der Waals surface area contributed by atoms with Crippen molar-refractivity contribution in [2.24, 2.45) is 0 Å². The molecule has 0 aliphatic heterocycles. The SMILES string of the molecule is CN(C)C(=O)Cn1c(=S)[nH]c2c(S(C)(=O)=O)cccc21. The zero-order valence-electron chi connectivity index (χ0n) is 11.4. The summed E-state index contributed by atoms with van der Waals surface area (Å²) in [4.78, 5) is 16.3. The molecule has 0 fully saturated rings. The zero-order chi connectivity index (χ0) is 15.1. The largest absolute Gasteiger partial charge is 0.347 e. The number of carbonyl (C=O) groups is 1. The van der Waals surface area contributed by atoms with E-state index < -0.39 is 9.84 Å². The van der Waals surface area contributed by atoms with Gasteiger partial charge >= 0.3 is 0 Å². The van der Waals surface area contributed by atoms with E-state index in [9.17, 15) is 13.2 Å². The number of likely N-dealkylation sites (N-methyl/N-ethyl adjacent to an activating group) is 1.